The summed E-state index contributed by atoms with van der Waals surface area (Å²) in [7, 11) is 0. The number of halogens is 1. The Morgan fingerprint density at radius 2 is 1.93 bits per heavy atom. The molecule has 3 heterocycles. The molecular weight excluding hydrogens is 380 g/mol. The van der Waals surface area contributed by atoms with E-state index in [-0.39, 0.29) is 5.78 Å². The van der Waals surface area contributed by atoms with Crippen LogP contribution in [0.5, 0.6) is 0 Å². The lowest BCUT2D eigenvalue weighted by molar-refractivity contribution is 0.0365. The van der Waals surface area contributed by atoms with Crippen molar-refractivity contribution in [3.05, 3.63) is 57.1 Å². The SMILES string of the molecule is Cc1ccc(C(=O)c2cc3cc(C)n(CCN4CCOCC4)c3s2)c(Cl)c1. The van der Waals surface area contributed by atoms with Gasteiger partial charge < -0.3 is 9.30 Å². The normalized spacial score (nSPS) is 15.5. The standard InChI is InChI=1S/C21H23ClN2O2S/c1-14-3-4-17(18(22)11-14)20(25)19-13-16-12-15(2)24(21(16)27-19)6-5-23-7-9-26-10-8-23/h3-4,11-13H,5-10H2,1-2H3. The largest absolute Gasteiger partial charge is 0.379 e. The van der Waals surface area contributed by atoms with Crippen molar-refractivity contribution in [3.8, 4) is 0 Å². The summed E-state index contributed by atoms with van der Waals surface area (Å²) >= 11 is 7.86. The van der Waals surface area contributed by atoms with E-state index in [2.05, 4.69) is 22.5 Å². The maximum absolute atomic E-state index is 12.9. The minimum atomic E-state index is -0.00131. The summed E-state index contributed by atoms with van der Waals surface area (Å²) in [6.45, 7) is 9.63. The van der Waals surface area contributed by atoms with Gasteiger partial charge in [0.25, 0.3) is 0 Å². The Kier molecular flexibility index (Phi) is 5.37. The third-order valence-electron chi connectivity index (χ3n) is 5.11. The molecule has 1 aliphatic heterocycles. The molecule has 0 atom stereocenters. The van der Waals surface area contributed by atoms with Crippen LogP contribution >= 0.6 is 22.9 Å². The molecule has 1 saturated heterocycles. The van der Waals surface area contributed by atoms with E-state index in [9.17, 15) is 4.79 Å². The Morgan fingerprint density at radius 1 is 1.15 bits per heavy atom. The Morgan fingerprint density at radius 3 is 2.67 bits per heavy atom. The first-order chi connectivity index (χ1) is 13.0. The summed E-state index contributed by atoms with van der Waals surface area (Å²) in [6.07, 6.45) is 0. The Balaban J connectivity index is 1.58. The number of thiophene rings is 1. The van der Waals surface area contributed by atoms with Gasteiger partial charge in [0, 0.05) is 42.8 Å². The molecule has 1 aliphatic rings. The van der Waals surface area contributed by atoms with Gasteiger partial charge in [-0.3, -0.25) is 9.69 Å². The van der Waals surface area contributed by atoms with Gasteiger partial charge in [0.15, 0.2) is 0 Å². The molecule has 0 spiro atoms. The van der Waals surface area contributed by atoms with Gasteiger partial charge in [-0.05, 0) is 43.7 Å². The monoisotopic (exact) mass is 402 g/mol. The van der Waals surface area contributed by atoms with Crippen molar-refractivity contribution >= 4 is 38.9 Å². The molecule has 0 amide bonds. The molecule has 0 saturated carbocycles. The summed E-state index contributed by atoms with van der Waals surface area (Å²) in [5, 5.41) is 1.65. The van der Waals surface area contributed by atoms with Crippen LogP contribution < -0.4 is 0 Å². The zero-order chi connectivity index (χ0) is 19.0. The Bertz CT molecular complexity index is 986. The van der Waals surface area contributed by atoms with E-state index in [1.165, 1.54) is 5.69 Å². The topological polar surface area (TPSA) is 34.5 Å². The van der Waals surface area contributed by atoms with Crippen LogP contribution in [0.2, 0.25) is 5.02 Å². The summed E-state index contributed by atoms with van der Waals surface area (Å²) in [5.74, 6) is -0.00131. The molecule has 0 bridgehead atoms. The van der Waals surface area contributed by atoms with Crippen molar-refractivity contribution in [3.63, 3.8) is 0 Å². The van der Waals surface area contributed by atoms with Crippen molar-refractivity contribution in [2.75, 3.05) is 32.8 Å². The smallest absolute Gasteiger partial charge is 0.204 e. The molecule has 1 fully saturated rings. The molecule has 3 aromatic rings. The number of nitrogens with zero attached hydrogens (tertiary/aromatic N) is 2. The predicted octanol–water partition coefficient (Wildman–Crippen LogP) is 4.54. The van der Waals surface area contributed by atoms with E-state index in [0.717, 1.165) is 60.1 Å². The molecule has 27 heavy (non-hydrogen) atoms. The van der Waals surface area contributed by atoms with Gasteiger partial charge in [-0.25, -0.2) is 0 Å². The highest BCUT2D eigenvalue weighted by atomic mass is 35.5. The van der Waals surface area contributed by atoms with Crippen LogP contribution in [-0.2, 0) is 11.3 Å². The van der Waals surface area contributed by atoms with E-state index < -0.39 is 0 Å². The van der Waals surface area contributed by atoms with E-state index in [1.807, 2.05) is 31.2 Å². The highest BCUT2D eigenvalue weighted by molar-refractivity contribution is 7.20. The van der Waals surface area contributed by atoms with Crippen LogP contribution in [0.15, 0.2) is 30.3 Å². The zero-order valence-electron chi connectivity index (χ0n) is 15.6. The van der Waals surface area contributed by atoms with E-state index >= 15 is 0 Å². The molecule has 4 rings (SSSR count). The summed E-state index contributed by atoms with van der Waals surface area (Å²) in [6, 6.07) is 9.76. The van der Waals surface area contributed by atoms with Gasteiger partial charge in [-0.1, -0.05) is 17.7 Å². The summed E-state index contributed by atoms with van der Waals surface area (Å²) in [5.41, 5.74) is 2.86. The molecule has 0 radical (unpaired) electrons. The number of benzene rings is 1. The number of aryl methyl sites for hydroxylation is 2. The average molecular weight is 403 g/mol. The number of carbonyl (C=O) groups excluding carboxylic acids is 1. The molecule has 1 aromatic carbocycles. The van der Waals surface area contributed by atoms with Crippen LogP contribution in [-0.4, -0.2) is 48.1 Å². The van der Waals surface area contributed by atoms with Gasteiger partial charge in [-0.2, -0.15) is 0 Å². The van der Waals surface area contributed by atoms with Crippen LogP contribution in [0, 0.1) is 13.8 Å². The Hall–Kier alpha value is -1.66. The average Bonchev–Trinajstić information content (AvgIpc) is 3.17. The molecule has 6 heteroatoms. The van der Waals surface area contributed by atoms with E-state index in [1.54, 1.807) is 11.3 Å². The van der Waals surface area contributed by atoms with Gasteiger partial charge in [0.2, 0.25) is 5.78 Å². The number of morpholine rings is 1. The number of hydrogen-bond acceptors (Lipinski definition) is 4. The lowest BCUT2D eigenvalue weighted by Crippen LogP contribution is -2.38. The van der Waals surface area contributed by atoms with Crippen molar-refractivity contribution in [1.82, 2.24) is 9.47 Å². The summed E-state index contributed by atoms with van der Waals surface area (Å²) < 4.78 is 7.75. The number of ketones is 1. The fourth-order valence-electron chi connectivity index (χ4n) is 3.57. The van der Waals surface area contributed by atoms with Crippen molar-refractivity contribution in [2.45, 2.75) is 20.4 Å². The van der Waals surface area contributed by atoms with Gasteiger partial charge in [0.1, 0.15) is 4.83 Å². The summed E-state index contributed by atoms with van der Waals surface area (Å²) in [4.78, 5) is 17.3. The molecule has 2 aromatic heterocycles. The number of carbonyl (C=O) groups is 1. The fourth-order valence-corrected chi connectivity index (χ4v) is 5.06. The van der Waals surface area contributed by atoms with Crippen molar-refractivity contribution < 1.29 is 9.53 Å². The molecule has 4 nitrogen and oxygen atoms in total. The fraction of sp³-hybridized carbons (Fsp3) is 0.381. The molecule has 142 valence electrons. The zero-order valence-corrected chi connectivity index (χ0v) is 17.2. The second-order valence-corrected chi connectivity index (χ2v) is 8.51. The first-order valence-electron chi connectivity index (χ1n) is 9.23. The maximum atomic E-state index is 12.9. The second kappa shape index (κ2) is 7.76. The Labute approximate surface area is 168 Å². The van der Waals surface area contributed by atoms with Gasteiger partial charge >= 0.3 is 0 Å². The van der Waals surface area contributed by atoms with Crippen LogP contribution in [0.1, 0.15) is 26.5 Å². The van der Waals surface area contributed by atoms with E-state index in [0.29, 0.717) is 10.6 Å². The minimum absolute atomic E-state index is 0.00131. The highest BCUT2D eigenvalue weighted by Gasteiger charge is 2.19. The second-order valence-electron chi connectivity index (χ2n) is 7.07. The third-order valence-corrected chi connectivity index (χ3v) is 6.60. The van der Waals surface area contributed by atoms with Crippen LogP contribution in [0.25, 0.3) is 10.2 Å². The van der Waals surface area contributed by atoms with Crippen LogP contribution in [0.4, 0.5) is 0 Å². The lowest BCUT2D eigenvalue weighted by atomic mass is 10.1. The molecule has 0 N–H and O–H groups in total. The molecule has 0 aliphatic carbocycles. The van der Waals surface area contributed by atoms with Crippen LogP contribution in [0.3, 0.4) is 0 Å². The number of ether oxygens (including phenoxy) is 1. The minimum Gasteiger partial charge on any atom is -0.379 e. The van der Waals surface area contributed by atoms with Gasteiger partial charge in [-0.15, -0.1) is 11.3 Å². The highest BCUT2D eigenvalue weighted by Crippen LogP contribution is 2.32. The number of fused-ring (bicyclic) bond motifs is 1. The number of hydrogen-bond donors (Lipinski definition) is 0. The number of rotatable bonds is 5. The first kappa shape index (κ1) is 18.7. The molecular formula is C21H23ClN2O2S. The molecule has 0 unspecified atom stereocenters. The predicted molar refractivity (Wildman–Crippen MR) is 111 cm³/mol. The number of aromatic nitrogens is 1. The maximum Gasteiger partial charge on any atom is 0.204 e. The van der Waals surface area contributed by atoms with Gasteiger partial charge in [0.05, 0.1) is 23.1 Å². The van der Waals surface area contributed by atoms with Crippen molar-refractivity contribution in [2.24, 2.45) is 0 Å². The van der Waals surface area contributed by atoms with Crippen molar-refractivity contribution in [1.29, 1.82) is 0 Å². The quantitative estimate of drug-likeness (QED) is 0.588. The lowest BCUT2D eigenvalue weighted by Gasteiger charge is -2.26. The van der Waals surface area contributed by atoms with E-state index in [4.69, 9.17) is 16.3 Å². The first-order valence-corrected chi connectivity index (χ1v) is 10.4. The third kappa shape index (κ3) is 3.83.